The summed E-state index contributed by atoms with van der Waals surface area (Å²) in [6.07, 6.45) is 21.3. The summed E-state index contributed by atoms with van der Waals surface area (Å²) < 4.78 is 3.94. The van der Waals surface area contributed by atoms with Gasteiger partial charge in [0, 0.05) is 0 Å². The second-order valence-electron chi connectivity index (χ2n) is 10.8. The van der Waals surface area contributed by atoms with Crippen LogP contribution in [0.25, 0.3) is 0 Å². The normalized spacial score (nSPS) is 32.3. The molecule has 5 aliphatic carbocycles. The molecular weight excluding hydrogens is 498 g/mol. The van der Waals surface area contributed by atoms with Gasteiger partial charge in [-0.2, -0.15) is 0 Å². The monoisotopic (exact) mass is 536 g/mol. The van der Waals surface area contributed by atoms with Crippen molar-refractivity contribution in [2.75, 3.05) is 0 Å². The molecule has 0 nitrogen and oxygen atoms in total. The molecule has 5 rings (SSSR count). The number of rotatable bonds is 2. The number of halogens is 2. The Kier molecular flexibility index (Phi) is 8.94. The summed E-state index contributed by atoms with van der Waals surface area (Å²) in [5.74, 6) is 1.62. The van der Waals surface area contributed by atoms with E-state index in [2.05, 4.69) is 43.1 Å². The summed E-state index contributed by atoms with van der Waals surface area (Å²) >= 11 is -1.89. The second kappa shape index (κ2) is 10.7. The van der Waals surface area contributed by atoms with Crippen LogP contribution in [0.4, 0.5) is 0 Å². The van der Waals surface area contributed by atoms with E-state index < -0.39 is 21.3 Å². The van der Waals surface area contributed by atoms with Crippen LogP contribution < -0.4 is 24.8 Å². The maximum atomic E-state index is 2.68. The van der Waals surface area contributed by atoms with E-state index in [0.29, 0.717) is 0 Å². The van der Waals surface area contributed by atoms with Crippen LogP contribution in [0.1, 0.15) is 98.3 Å². The molecular formula is C28H40Cl2Zr. The summed E-state index contributed by atoms with van der Waals surface area (Å²) in [6.45, 7) is 10.0. The maximum Gasteiger partial charge on any atom is -1.00 e. The van der Waals surface area contributed by atoms with E-state index in [1.165, 1.54) is 70.6 Å². The van der Waals surface area contributed by atoms with Gasteiger partial charge in [0.2, 0.25) is 0 Å². The Morgan fingerprint density at radius 1 is 0.645 bits per heavy atom. The van der Waals surface area contributed by atoms with Crippen LogP contribution in [0.3, 0.4) is 0 Å². The average molecular weight is 539 g/mol. The van der Waals surface area contributed by atoms with Crippen LogP contribution in [0.5, 0.6) is 0 Å². The summed E-state index contributed by atoms with van der Waals surface area (Å²) in [5.41, 5.74) is 11.0. The van der Waals surface area contributed by atoms with Crippen LogP contribution in [-0.2, 0) is 21.3 Å². The Morgan fingerprint density at radius 3 is 1.55 bits per heavy atom. The van der Waals surface area contributed by atoms with Crippen LogP contribution in [0, 0.1) is 11.8 Å². The molecule has 31 heavy (non-hydrogen) atoms. The summed E-state index contributed by atoms with van der Waals surface area (Å²) in [4.78, 5) is 0. The number of hydrogen-bond acceptors (Lipinski definition) is 0. The molecule has 0 saturated heterocycles. The Morgan fingerprint density at radius 2 is 1.10 bits per heavy atom. The zero-order valence-electron chi connectivity index (χ0n) is 20.0. The first-order chi connectivity index (χ1) is 14.1. The van der Waals surface area contributed by atoms with Gasteiger partial charge in [0.1, 0.15) is 0 Å². The molecule has 0 aromatic rings. The molecule has 0 amide bonds. The molecule has 0 bridgehead atoms. The Bertz CT molecular complexity index is 801. The van der Waals surface area contributed by atoms with Crippen molar-refractivity contribution in [1.82, 2.24) is 0 Å². The molecule has 0 radical (unpaired) electrons. The van der Waals surface area contributed by atoms with Gasteiger partial charge in [-0.1, -0.05) is 0 Å². The predicted molar refractivity (Wildman–Crippen MR) is 123 cm³/mol. The Hall–Kier alpha value is 0.293. The van der Waals surface area contributed by atoms with Crippen LogP contribution in [-0.4, -0.2) is 3.21 Å². The van der Waals surface area contributed by atoms with Gasteiger partial charge in [-0.25, -0.2) is 0 Å². The molecule has 4 unspecified atom stereocenters. The number of hydrogen-bond donors (Lipinski definition) is 0. The van der Waals surface area contributed by atoms with Gasteiger partial charge in [0.25, 0.3) is 0 Å². The van der Waals surface area contributed by atoms with E-state index in [1.54, 1.807) is 22.3 Å². The third-order valence-electron chi connectivity index (χ3n) is 8.83. The minimum atomic E-state index is -1.89. The first kappa shape index (κ1) is 25.9. The molecule has 0 aromatic heterocycles. The molecule has 170 valence electrons. The van der Waals surface area contributed by atoms with Crippen molar-refractivity contribution >= 4 is 3.21 Å². The van der Waals surface area contributed by atoms with Gasteiger partial charge >= 0.3 is 187 Å². The SMILES string of the molecule is CC1=CC2=C(CCCC2C)[CH]1[Zr+2](=[C]1CCCCC1)[CH]1C(C)=CC2=C1CCCC2C.[Cl-].[Cl-]. The van der Waals surface area contributed by atoms with Crippen molar-refractivity contribution in [1.29, 1.82) is 0 Å². The molecule has 0 spiro atoms. The second-order valence-corrected chi connectivity index (χ2v) is 17.6. The fourth-order valence-electron chi connectivity index (χ4n) is 7.44. The fourth-order valence-corrected chi connectivity index (χ4v) is 18.7. The summed E-state index contributed by atoms with van der Waals surface area (Å²) in [7, 11) is 0. The van der Waals surface area contributed by atoms with E-state index in [4.69, 9.17) is 0 Å². The minimum Gasteiger partial charge on any atom is -1.00 e. The Labute approximate surface area is 211 Å². The van der Waals surface area contributed by atoms with E-state index in [9.17, 15) is 0 Å². The molecule has 0 aliphatic heterocycles. The van der Waals surface area contributed by atoms with Crippen molar-refractivity contribution < 1.29 is 46.1 Å². The van der Waals surface area contributed by atoms with Crippen LogP contribution in [0.15, 0.2) is 45.6 Å². The first-order valence-corrected chi connectivity index (χ1v) is 16.7. The molecule has 1 fully saturated rings. The fraction of sp³-hybridized carbons (Fsp3) is 0.679. The quantitative estimate of drug-likeness (QED) is 0.507. The van der Waals surface area contributed by atoms with Crippen LogP contribution >= 0.6 is 0 Å². The van der Waals surface area contributed by atoms with Crippen molar-refractivity contribution in [3.05, 3.63) is 45.6 Å². The van der Waals surface area contributed by atoms with Crippen LogP contribution in [0.2, 0.25) is 7.25 Å². The number of allylic oxidation sites excluding steroid dienone is 8. The molecule has 0 aromatic carbocycles. The third-order valence-corrected chi connectivity index (χ3v) is 19.1. The largest absolute Gasteiger partial charge is 1.00 e. The minimum absolute atomic E-state index is 0. The van der Waals surface area contributed by atoms with Crippen molar-refractivity contribution in [2.45, 2.75) is 106 Å². The smallest absolute Gasteiger partial charge is 1.00 e. The standard InChI is InChI=1S/2C11H15.C6H10.2ClH.Zr/c2*1-8-6-10-5-3-4-9(2)11(10)7-8;1-2-4-6-5-3-1;;;/h2*6-7,9H,3-5H2,1-2H3;1-5H2;2*1H;/q;;;;;+2/p-2. The molecule has 3 heteroatoms. The van der Waals surface area contributed by atoms with Crippen molar-refractivity contribution in [3.8, 4) is 0 Å². The van der Waals surface area contributed by atoms with E-state index in [0.717, 1.165) is 19.1 Å². The summed E-state index contributed by atoms with van der Waals surface area (Å²) in [6, 6.07) is 0. The van der Waals surface area contributed by atoms with Gasteiger partial charge in [-0.15, -0.1) is 0 Å². The van der Waals surface area contributed by atoms with Crippen molar-refractivity contribution in [2.24, 2.45) is 11.8 Å². The molecule has 5 aliphatic rings. The van der Waals surface area contributed by atoms with Gasteiger partial charge in [-0.3, -0.25) is 0 Å². The zero-order valence-corrected chi connectivity index (χ0v) is 24.0. The predicted octanol–water partition coefficient (Wildman–Crippen LogP) is 2.48. The topological polar surface area (TPSA) is 0 Å². The molecule has 4 atom stereocenters. The van der Waals surface area contributed by atoms with E-state index in [-0.39, 0.29) is 24.8 Å². The Balaban J connectivity index is 0.00000136. The van der Waals surface area contributed by atoms with E-state index in [1.807, 2.05) is 11.1 Å². The van der Waals surface area contributed by atoms with Gasteiger partial charge in [0.05, 0.1) is 0 Å². The zero-order chi connectivity index (χ0) is 20.1. The molecule has 1 saturated carbocycles. The first-order valence-electron chi connectivity index (χ1n) is 12.6. The van der Waals surface area contributed by atoms with Gasteiger partial charge in [-0.05, 0) is 0 Å². The average Bonchev–Trinajstić information content (AvgIpc) is 3.23. The van der Waals surface area contributed by atoms with Gasteiger partial charge in [0.15, 0.2) is 0 Å². The van der Waals surface area contributed by atoms with E-state index >= 15 is 0 Å². The summed E-state index contributed by atoms with van der Waals surface area (Å²) in [5, 5.41) is 0. The molecule has 0 N–H and O–H groups in total. The molecule has 0 heterocycles. The van der Waals surface area contributed by atoms with Crippen molar-refractivity contribution in [3.63, 3.8) is 0 Å². The third kappa shape index (κ3) is 4.64. The maximum absolute atomic E-state index is 2.68. The van der Waals surface area contributed by atoms with Gasteiger partial charge < -0.3 is 24.8 Å².